The highest BCUT2D eigenvalue weighted by molar-refractivity contribution is 4.97. The summed E-state index contributed by atoms with van der Waals surface area (Å²) in [6.45, 7) is -3.39. The molecule has 0 amide bonds. The Labute approximate surface area is 254 Å². The molecule has 4 fully saturated rings. The van der Waals surface area contributed by atoms with Crippen molar-refractivity contribution in [3.63, 3.8) is 0 Å². The summed E-state index contributed by atoms with van der Waals surface area (Å²) in [7, 11) is 0. The van der Waals surface area contributed by atoms with Crippen molar-refractivity contribution >= 4 is 0 Å². The molecule has 20 atom stereocenters. The van der Waals surface area contributed by atoms with E-state index in [4.69, 9.17) is 33.2 Å². The zero-order valence-corrected chi connectivity index (χ0v) is 23.5. The second-order valence-electron chi connectivity index (χ2n) is 11.1. The first-order valence-electron chi connectivity index (χ1n) is 14.1. The third kappa shape index (κ3) is 7.44. The fourth-order valence-corrected chi connectivity index (χ4v) is 5.55. The lowest BCUT2D eigenvalue weighted by molar-refractivity contribution is -0.387. The maximum atomic E-state index is 10.9. The summed E-state index contributed by atoms with van der Waals surface area (Å²) >= 11 is 0. The smallest absolute Gasteiger partial charge is 0.187 e. The number of rotatable bonds is 10. The van der Waals surface area contributed by atoms with Gasteiger partial charge >= 0.3 is 0 Å². The van der Waals surface area contributed by atoms with Crippen LogP contribution in [0.5, 0.6) is 0 Å². The van der Waals surface area contributed by atoms with Crippen LogP contribution in [-0.2, 0) is 33.2 Å². The molecule has 0 aromatic rings. The van der Waals surface area contributed by atoms with E-state index in [1.807, 2.05) is 0 Å². The molecular weight excluding hydrogens is 624 g/mol. The zero-order chi connectivity index (χ0) is 33.3. The summed E-state index contributed by atoms with van der Waals surface area (Å²) in [4.78, 5) is 0. The van der Waals surface area contributed by atoms with E-state index in [1.165, 1.54) is 0 Å². The Morgan fingerprint density at radius 3 is 1.02 bits per heavy atom. The molecule has 264 valence electrons. The highest BCUT2D eigenvalue weighted by Gasteiger charge is 2.55. The van der Waals surface area contributed by atoms with Gasteiger partial charge in [0.1, 0.15) is 97.7 Å². The summed E-state index contributed by atoms with van der Waals surface area (Å²) in [5, 5.41) is 142. The van der Waals surface area contributed by atoms with Crippen LogP contribution in [0.15, 0.2) is 0 Å². The first-order valence-corrected chi connectivity index (χ1v) is 14.1. The van der Waals surface area contributed by atoms with Gasteiger partial charge in [0.15, 0.2) is 25.2 Å². The molecule has 45 heavy (non-hydrogen) atoms. The van der Waals surface area contributed by atoms with E-state index in [2.05, 4.69) is 0 Å². The second-order valence-corrected chi connectivity index (χ2v) is 11.1. The lowest BCUT2D eigenvalue weighted by Gasteiger charge is -2.49. The maximum absolute atomic E-state index is 10.9. The Bertz CT molecular complexity index is 910. The molecule has 4 rings (SSSR count). The molecule has 21 heteroatoms. The van der Waals surface area contributed by atoms with Crippen LogP contribution in [0, 0.1) is 0 Å². The predicted molar refractivity (Wildman–Crippen MR) is 134 cm³/mol. The molecular formula is C24H42O21. The van der Waals surface area contributed by atoms with Gasteiger partial charge in [-0.1, -0.05) is 0 Å². The van der Waals surface area contributed by atoms with Crippen LogP contribution in [0.1, 0.15) is 0 Å². The van der Waals surface area contributed by atoms with Crippen molar-refractivity contribution in [2.24, 2.45) is 0 Å². The molecule has 21 nitrogen and oxygen atoms in total. The molecule has 0 radical (unpaired) electrons. The van der Waals surface area contributed by atoms with E-state index in [-0.39, 0.29) is 0 Å². The largest absolute Gasteiger partial charge is 0.394 e. The highest BCUT2D eigenvalue weighted by atomic mass is 16.8. The van der Waals surface area contributed by atoms with Gasteiger partial charge in [-0.15, -0.1) is 0 Å². The van der Waals surface area contributed by atoms with E-state index in [1.54, 1.807) is 0 Å². The number of aliphatic hydroxyl groups is 14. The van der Waals surface area contributed by atoms with Crippen molar-refractivity contribution in [2.45, 2.75) is 123 Å². The molecule has 14 N–H and O–H groups in total. The van der Waals surface area contributed by atoms with Gasteiger partial charge in [0.25, 0.3) is 0 Å². The SMILES string of the molecule is OC[C@H]1O[C@@H](O[C@H]2[C@H](O)[C@@H](O)[C@H](O[C@H]3[C@H](O)[C@@H](O)[C@H](O[C@H]4[C@H](O)[C@@H](O)[C@H](O)O[C@@H]4CO)O[C@@H]3CO)O[C@@H]2CO)[C@H](O)[C@@H](O)[C@H]1O. The van der Waals surface area contributed by atoms with Crippen LogP contribution in [0.4, 0.5) is 0 Å². The summed E-state index contributed by atoms with van der Waals surface area (Å²) in [6.07, 6.45) is -35.3. The summed E-state index contributed by atoms with van der Waals surface area (Å²) in [5.41, 5.74) is 0. The fourth-order valence-electron chi connectivity index (χ4n) is 5.55. The van der Waals surface area contributed by atoms with E-state index in [9.17, 15) is 71.5 Å². The molecule has 4 saturated heterocycles. The summed E-state index contributed by atoms with van der Waals surface area (Å²) < 4.78 is 37.7. The molecule has 4 heterocycles. The monoisotopic (exact) mass is 666 g/mol. The Morgan fingerprint density at radius 1 is 0.333 bits per heavy atom. The van der Waals surface area contributed by atoms with Gasteiger partial charge in [-0.25, -0.2) is 0 Å². The van der Waals surface area contributed by atoms with Crippen LogP contribution >= 0.6 is 0 Å². The van der Waals surface area contributed by atoms with E-state index < -0.39 is 149 Å². The van der Waals surface area contributed by atoms with E-state index in [0.717, 1.165) is 0 Å². The van der Waals surface area contributed by atoms with Crippen LogP contribution in [-0.4, -0.2) is 221 Å². The Hall–Kier alpha value is -0.840. The fraction of sp³-hybridized carbons (Fsp3) is 1.00. The number of hydrogen-bond donors (Lipinski definition) is 14. The summed E-state index contributed by atoms with van der Waals surface area (Å²) in [5.74, 6) is 0. The molecule has 0 bridgehead atoms. The number of aliphatic hydroxyl groups excluding tert-OH is 14. The van der Waals surface area contributed by atoms with Crippen LogP contribution in [0.25, 0.3) is 0 Å². The van der Waals surface area contributed by atoms with Gasteiger partial charge in [0.05, 0.1) is 26.4 Å². The predicted octanol–water partition coefficient (Wildman–Crippen LogP) is -9.75. The zero-order valence-electron chi connectivity index (χ0n) is 23.5. The summed E-state index contributed by atoms with van der Waals surface area (Å²) in [6, 6.07) is 0. The molecule has 0 aliphatic carbocycles. The topological polar surface area (TPSA) is 348 Å². The Balaban J connectivity index is 1.43. The minimum atomic E-state index is -2.02. The van der Waals surface area contributed by atoms with Crippen molar-refractivity contribution in [3.8, 4) is 0 Å². The average molecular weight is 667 g/mol. The first kappa shape index (κ1) is 37.0. The Kier molecular flexibility index (Phi) is 12.8. The first-order chi connectivity index (χ1) is 21.3. The third-order valence-corrected chi connectivity index (χ3v) is 8.20. The van der Waals surface area contributed by atoms with Gasteiger partial charge < -0.3 is 105 Å². The molecule has 0 spiro atoms. The van der Waals surface area contributed by atoms with E-state index in [0.29, 0.717) is 0 Å². The standard InChI is InChI=1S/C24H42O21/c25-1-5-9(29)10(30)15(35)22(40-5)44-19-7(3-27)42-24(17(37)12(19)32)45-20-8(4-28)41-23(16(36)13(20)33)43-18-6(2-26)39-21(38)14(34)11(18)31/h5-38H,1-4H2/t5-,6-,7-,8-,9+,10+,11-,12-,13-,14-,15-,16-,17-,18-,19-,20-,21-,22+,23+,24+/m1/s1. The van der Waals surface area contributed by atoms with Gasteiger partial charge in [0, 0.05) is 0 Å². The van der Waals surface area contributed by atoms with Crippen molar-refractivity contribution in [3.05, 3.63) is 0 Å². The molecule has 4 aliphatic heterocycles. The Morgan fingerprint density at radius 2 is 0.644 bits per heavy atom. The van der Waals surface area contributed by atoms with Crippen molar-refractivity contribution in [2.75, 3.05) is 26.4 Å². The molecule has 0 saturated carbocycles. The van der Waals surface area contributed by atoms with E-state index >= 15 is 0 Å². The number of ether oxygens (including phenoxy) is 7. The van der Waals surface area contributed by atoms with Gasteiger partial charge in [-0.3, -0.25) is 0 Å². The second kappa shape index (κ2) is 15.6. The normalized spacial score (nSPS) is 52.9. The average Bonchev–Trinajstić information content (AvgIpc) is 3.03. The quantitative estimate of drug-likeness (QED) is 0.103. The lowest BCUT2D eigenvalue weighted by atomic mass is 9.95. The maximum Gasteiger partial charge on any atom is 0.187 e. The van der Waals surface area contributed by atoms with Crippen LogP contribution in [0.2, 0.25) is 0 Å². The third-order valence-electron chi connectivity index (χ3n) is 8.20. The molecule has 0 aromatic heterocycles. The lowest BCUT2D eigenvalue weighted by Crippen LogP contribution is -2.67. The number of hydrogen-bond acceptors (Lipinski definition) is 21. The minimum Gasteiger partial charge on any atom is -0.394 e. The minimum absolute atomic E-state index is 0.784. The van der Waals surface area contributed by atoms with Crippen LogP contribution < -0.4 is 0 Å². The highest BCUT2D eigenvalue weighted by Crippen LogP contribution is 2.34. The molecule has 4 aliphatic rings. The molecule has 0 aromatic carbocycles. The van der Waals surface area contributed by atoms with Crippen LogP contribution in [0.3, 0.4) is 0 Å². The van der Waals surface area contributed by atoms with Gasteiger partial charge in [-0.05, 0) is 0 Å². The van der Waals surface area contributed by atoms with Gasteiger partial charge in [-0.2, -0.15) is 0 Å². The van der Waals surface area contributed by atoms with Gasteiger partial charge in [0.2, 0.25) is 0 Å². The van der Waals surface area contributed by atoms with Crippen molar-refractivity contribution in [1.82, 2.24) is 0 Å². The van der Waals surface area contributed by atoms with Crippen molar-refractivity contribution in [1.29, 1.82) is 0 Å². The van der Waals surface area contributed by atoms with Crippen molar-refractivity contribution < 1.29 is 105 Å². The molecule has 0 unspecified atom stereocenters.